The van der Waals surface area contributed by atoms with Crippen LogP contribution in [0.2, 0.25) is 0 Å². The van der Waals surface area contributed by atoms with Gasteiger partial charge in [-0.3, -0.25) is 4.79 Å². The van der Waals surface area contributed by atoms with Gasteiger partial charge < -0.3 is 10.0 Å². The van der Waals surface area contributed by atoms with E-state index in [-0.39, 0.29) is 12.0 Å². The molecule has 1 aliphatic rings. The molecule has 0 aromatic rings. The summed E-state index contributed by atoms with van der Waals surface area (Å²) in [5.41, 5.74) is 0.190. The molecule has 1 saturated heterocycles. The third-order valence-corrected chi connectivity index (χ3v) is 4.37. The SMILES string of the molecule is CC(CC(=O)N1CCCC(CCO)C1)C(C)(C)C. The first-order valence-electron chi connectivity index (χ1n) is 7.23. The van der Waals surface area contributed by atoms with Crippen molar-refractivity contribution < 1.29 is 9.90 Å². The van der Waals surface area contributed by atoms with Crippen LogP contribution in [-0.2, 0) is 4.79 Å². The van der Waals surface area contributed by atoms with E-state index in [1.54, 1.807) is 0 Å². The smallest absolute Gasteiger partial charge is 0.222 e. The quantitative estimate of drug-likeness (QED) is 0.839. The second-order valence-electron chi connectivity index (χ2n) is 6.83. The molecule has 0 aromatic carbocycles. The Kier molecular flexibility index (Phi) is 5.64. The number of rotatable bonds is 4. The minimum absolute atomic E-state index is 0.190. The maximum Gasteiger partial charge on any atom is 0.222 e. The molecule has 2 atom stereocenters. The zero-order valence-corrected chi connectivity index (χ0v) is 12.4. The molecular weight excluding hydrogens is 226 g/mol. The zero-order chi connectivity index (χ0) is 13.8. The summed E-state index contributed by atoms with van der Waals surface area (Å²) < 4.78 is 0. The number of hydrogen-bond acceptors (Lipinski definition) is 2. The first kappa shape index (κ1) is 15.5. The highest BCUT2D eigenvalue weighted by Crippen LogP contribution is 2.29. The van der Waals surface area contributed by atoms with Gasteiger partial charge in [-0.15, -0.1) is 0 Å². The van der Waals surface area contributed by atoms with Crippen molar-refractivity contribution in [1.82, 2.24) is 4.90 Å². The van der Waals surface area contributed by atoms with E-state index >= 15 is 0 Å². The van der Waals surface area contributed by atoms with Gasteiger partial charge in [-0.25, -0.2) is 0 Å². The van der Waals surface area contributed by atoms with E-state index < -0.39 is 0 Å². The summed E-state index contributed by atoms with van der Waals surface area (Å²) in [7, 11) is 0. The predicted molar refractivity (Wildman–Crippen MR) is 74.2 cm³/mol. The van der Waals surface area contributed by atoms with Crippen molar-refractivity contribution in [2.45, 2.75) is 53.4 Å². The fourth-order valence-electron chi connectivity index (χ4n) is 2.41. The summed E-state index contributed by atoms with van der Waals surface area (Å²) in [6, 6.07) is 0. The van der Waals surface area contributed by atoms with Crippen LogP contribution >= 0.6 is 0 Å². The van der Waals surface area contributed by atoms with Gasteiger partial charge in [-0.1, -0.05) is 27.7 Å². The standard InChI is InChI=1S/C15H29NO2/c1-12(15(2,3)4)10-14(18)16-8-5-6-13(11-16)7-9-17/h12-13,17H,5-11H2,1-4H3. The Morgan fingerprint density at radius 3 is 2.67 bits per heavy atom. The van der Waals surface area contributed by atoms with Gasteiger partial charge in [0.1, 0.15) is 0 Å². The van der Waals surface area contributed by atoms with E-state index in [0.717, 1.165) is 32.4 Å². The molecule has 106 valence electrons. The molecule has 1 amide bonds. The van der Waals surface area contributed by atoms with Gasteiger partial charge in [0.2, 0.25) is 5.91 Å². The molecule has 0 spiro atoms. The summed E-state index contributed by atoms with van der Waals surface area (Å²) in [5.74, 6) is 1.20. The summed E-state index contributed by atoms with van der Waals surface area (Å²) in [6.07, 6.45) is 3.72. The Balaban J connectivity index is 2.46. The van der Waals surface area contributed by atoms with Crippen LogP contribution < -0.4 is 0 Å². The zero-order valence-electron chi connectivity index (χ0n) is 12.4. The predicted octanol–water partition coefficient (Wildman–Crippen LogP) is 2.68. The Hall–Kier alpha value is -0.570. The highest BCUT2D eigenvalue weighted by molar-refractivity contribution is 5.76. The number of carbonyl (C=O) groups is 1. The number of nitrogens with zero attached hydrogens (tertiary/aromatic N) is 1. The Labute approximate surface area is 112 Å². The van der Waals surface area contributed by atoms with Crippen molar-refractivity contribution in [3.63, 3.8) is 0 Å². The van der Waals surface area contributed by atoms with Crippen LogP contribution in [0.15, 0.2) is 0 Å². The van der Waals surface area contributed by atoms with E-state index in [1.165, 1.54) is 0 Å². The van der Waals surface area contributed by atoms with Gasteiger partial charge >= 0.3 is 0 Å². The third-order valence-electron chi connectivity index (χ3n) is 4.37. The molecule has 1 fully saturated rings. The van der Waals surface area contributed by atoms with Crippen LogP contribution in [0.1, 0.15) is 53.4 Å². The van der Waals surface area contributed by atoms with Crippen molar-refractivity contribution in [2.24, 2.45) is 17.3 Å². The molecular formula is C15H29NO2. The third kappa shape index (κ3) is 4.60. The van der Waals surface area contributed by atoms with Gasteiger partial charge in [-0.2, -0.15) is 0 Å². The largest absolute Gasteiger partial charge is 0.396 e. The normalized spacial score (nSPS) is 22.9. The van der Waals surface area contributed by atoms with Gasteiger partial charge in [0.05, 0.1) is 0 Å². The lowest BCUT2D eigenvalue weighted by Gasteiger charge is -2.35. The minimum atomic E-state index is 0.190. The molecule has 1 rings (SSSR count). The molecule has 0 radical (unpaired) electrons. The molecule has 0 aromatic heterocycles. The van der Waals surface area contributed by atoms with Crippen LogP contribution in [0, 0.1) is 17.3 Å². The monoisotopic (exact) mass is 255 g/mol. The van der Waals surface area contributed by atoms with Crippen LogP contribution in [-0.4, -0.2) is 35.6 Å². The van der Waals surface area contributed by atoms with Crippen molar-refractivity contribution in [3.05, 3.63) is 0 Å². The second-order valence-corrected chi connectivity index (χ2v) is 6.83. The summed E-state index contributed by atoms with van der Waals surface area (Å²) >= 11 is 0. The lowest BCUT2D eigenvalue weighted by molar-refractivity contribution is -0.134. The number of aliphatic hydroxyl groups is 1. The summed E-state index contributed by atoms with van der Waals surface area (Å²) in [5, 5.41) is 8.99. The maximum atomic E-state index is 12.3. The maximum absolute atomic E-state index is 12.3. The first-order valence-corrected chi connectivity index (χ1v) is 7.23. The number of likely N-dealkylation sites (tertiary alicyclic amines) is 1. The second kappa shape index (κ2) is 6.55. The van der Waals surface area contributed by atoms with Crippen molar-refractivity contribution in [1.29, 1.82) is 0 Å². The van der Waals surface area contributed by atoms with E-state index in [1.807, 2.05) is 4.90 Å². The summed E-state index contributed by atoms with van der Waals surface area (Å²) in [6.45, 7) is 10.7. The lowest BCUT2D eigenvalue weighted by Crippen LogP contribution is -2.41. The number of aliphatic hydroxyl groups excluding tert-OH is 1. The Morgan fingerprint density at radius 1 is 1.44 bits per heavy atom. The highest BCUT2D eigenvalue weighted by Gasteiger charge is 2.27. The molecule has 0 saturated carbocycles. The van der Waals surface area contributed by atoms with Gasteiger partial charge in [0, 0.05) is 26.1 Å². The van der Waals surface area contributed by atoms with E-state index in [9.17, 15) is 4.79 Å². The van der Waals surface area contributed by atoms with E-state index in [0.29, 0.717) is 24.2 Å². The first-order chi connectivity index (χ1) is 8.34. The van der Waals surface area contributed by atoms with Crippen LogP contribution in [0.4, 0.5) is 0 Å². The number of piperidine rings is 1. The fourth-order valence-corrected chi connectivity index (χ4v) is 2.41. The Morgan fingerprint density at radius 2 is 2.11 bits per heavy atom. The molecule has 0 aliphatic carbocycles. The topological polar surface area (TPSA) is 40.5 Å². The molecule has 18 heavy (non-hydrogen) atoms. The van der Waals surface area contributed by atoms with Gasteiger partial charge in [0.25, 0.3) is 0 Å². The minimum Gasteiger partial charge on any atom is -0.396 e. The number of carbonyl (C=O) groups excluding carboxylic acids is 1. The fraction of sp³-hybridized carbons (Fsp3) is 0.933. The number of hydrogen-bond donors (Lipinski definition) is 1. The van der Waals surface area contributed by atoms with Gasteiger partial charge in [0.15, 0.2) is 0 Å². The molecule has 1 aliphatic heterocycles. The van der Waals surface area contributed by atoms with E-state index in [4.69, 9.17) is 5.11 Å². The number of amides is 1. The molecule has 3 nitrogen and oxygen atoms in total. The Bertz CT molecular complexity index is 268. The van der Waals surface area contributed by atoms with Crippen LogP contribution in [0.25, 0.3) is 0 Å². The van der Waals surface area contributed by atoms with Crippen molar-refractivity contribution >= 4 is 5.91 Å². The molecule has 0 bridgehead atoms. The average Bonchev–Trinajstić information content (AvgIpc) is 2.28. The van der Waals surface area contributed by atoms with Crippen molar-refractivity contribution in [3.8, 4) is 0 Å². The highest BCUT2D eigenvalue weighted by atomic mass is 16.3. The average molecular weight is 255 g/mol. The molecule has 1 heterocycles. The van der Waals surface area contributed by atoms with Crippen molar-refractivity contribution in [2.75, 3.05) is 19.7 Å². The summed E-state index contributed by atoms with van der Waals surface area (Å²) in [4.78, 5) is 14.3. The molecule has 3 heteroatoms. The lowest BCUT2D eigenvalue weighted by atomic mass is 9.80. The van der Waals surface area contributed by atoms with Crippen LogP contribution in [0.3, 0.4) is 0 Å². The van der Waals surface area contributed by atoms with E-state index in [2.05, 4.69) is 27.7 Å². The van der Waals surface area contributed by atoms with Crippen LogP contribution in [0.5, 0.6) is 0 Å². The molecule has 2 unspecified atom stereocenters. The van der Waals surface area contributed by atoms with Gasteiger partial charge in [-0.05, 0) is 36.5 Å². The molecule has 1 N–H and O–H groups in total.